The van der Waals surface area contributed by atoms with Crippen molar-refractivity contribution in [3.05, 3.63) is 59.9 Å². The Balaban J connectivity index is 1.51. The van der Waals surface area contributed by atoms with Gasteiger partial charge in [-0.2, -0.15) is 0 Å². The first kappa shape index (κ1) is 16.1. The summed E-state index contributed by atoms with van der Waals surface area (Å²) < 4.78 is 5.51. The third-order valence-corrected chi connectivity index (χ3v) is 3.68. The van der Waals surface area contributed by atoms with E-state index in [0.29, 0.717) is 25.1 Å². The number of amides is 1. The lowest BCUT2D eigenvalue weighted by molar-refractivity contribution is 0.0954. The van der Waals surface area contributed by atoms with Gasteiger partial charge < -0.3 is 15.0 Å². The summed E-state index contributed by atoms with van der Waals surface area (Å²) in [7, 11) is 0. The van der Waals surface area contributed by atoms with Crippen LogP contribution >= 0.6 is 0 Å². The van der Waals surface area contributed by atoms with Gasteiger partial charge in [-0.25, -0.2) is 4.98 Å². The van der Waals surface area contributed by atoms with Gasteiger partial charge >= 0.3 is 0 Å². The van der Waals surface area contributed by atoms with Crippen LogP contribution in [-0.2, 0) is 6.42 Å². The highest BCUT2D eigenvalue weighted by Gasteiger charge is 2.06. The summed E-state index contributed by atoms with van der Waals surface area (Å²) >= 11 is 0. The Kier molecular flexibility index (Phi) is 5.11. The van der Waals surface area contributed by atoms with Crippen LogP contribution in [0.25, 0.3) is 11.0 Å². The number of carbonyl (C=O) groups is 1. The molecule has 5 nitrogen and oxygen atoms in total. The number of ether oxygens (including phenoxy) is 1. The average molecular weight is 323 g/mol. The quantitative estimate of drug-likeness (QED) is 0.701. The summed E-state index contributed by atoms with van der Waals surface area (Å²) in [5, 5.41) is 2.91. The number of carbonyl (C=O) groups excluding carboxylic acids is 1. The van der Waals surface area contributed by atoms with Crippen LogP contribution in [0.4, 0.5) is 0 Å². The standard InChI is InChI=1S/C19H21N3O2/c1-2-13-24-15-9-7-14(8-10-15)19(23)20-12-11-18-21-16-5-3-4-6-17(16)22-18/h3-10H,2,11-13H2,1H3,(H,20,23)(H,21,22). The Bertz CT molecular complexity index is 776. The number of imidazole rings is 1. The zero-order chi connectivity index (χ0) is 16.8. The largest absolute Gasteiger partial charge is 0.494 e. The van der Waals surface area contributed by atoms with Crippen LogP contribution in [0.5, 0.6) is 5.75 Å². The number of rotatable bonds is 7. The van der Waals surface area contributed by atoms with Crippen LogP contribution in [0, 0.1) is 0 Å². The number of aromatic nitrogens is 2. The SMILES string of the molecule is CCCOc1ccc(C(=O)NCCc2nc3ccccc3[nH]2)cc1. The lowest BCUT2D eigenvalue weighted by Gasteiger charge is -2.06. The van der Waals surface area contributed by atoms with Crippen molar-refractivity contribution in [2.24, 2.45) is 0 Å². The second-order valence-electron chi connectivity index (χ2n) is 5.58. The molecule has 0 fully saturated rings. The van der Waals surface area contributed by atoms with Crippen molar-refractivity contribution in [2.75, 3.05) is 13.2 Å². The first-order valence-electron chi connectivity index (χ1n) is 8.21. The van der Waals surface area contributed by atoms with E-state index >= 15 is 0 Å². The molecule has 3 aromatic rings. The normalized spacial score (nSPS) is 10.7. The second kappa shape index (κ2) is 7.64. The van der Waals surface area contributed by atoms with E-state index in [1.807, 2.05) is 36.4 Å². The van der Waals surface area contributed by atoms with E-state index in [0.717, 1.165) is 29.0 Å². The molecule has 1 heterocycles. The molecule has 0 aliphatic carbocycles. The molecule has 2 N–H and O–H groups in total. The van der Waals surface area contributed by atoms with Crippen LogP contribution in [0.2, 0.25) is 0 Å². The third kappa shape index (κ3) is 3.93. The molecule has 3 rings (SSSR count). The molecule has 2 aromatic carbocycles. The van der Waals surface area contributed by atoms with Gasteiger partial charge in [0.1, 0.15) is 11.6 Å². The summed E-state index contributed by atoms with van der Waals surface area (Å²) in [6.07, 6.45) is 1.63. The van der Waals surface area contributed by atoms with Crippen molar-refractivity contribution in [3.63, 3.8) is 0 Å². The van der Waals surface area contributed by atoms with Crippen molar-refractivity contribution in [3.8, 4) is 5.75 Å². The number of nitrogens with zero attached hydrogens (tertiary/aromatic N) is 1. The Hall–Kier alpha value is -2.82. The zero-order valence-corrected chi connectivity index (χ0v) is 13.7. The highest BCUT2D eigenvalue weighted by Crippen LogP contribution is 2.13. The Labute approximate surface area is 141 Å². The fourth-order valence-corrected chi connectivity index (χ4v) is 2.44. The van der Waals surface area contributed by atoms with Gasteiger partial charge in [0.15, 0.2) is 0 Å². The van der Waals surface area contributed by atoms with Gasteiger partial charge in [-0.3, -0.25) is 4.79 Å². The second-order valence-corrected chi connectivity index (χ2v) is 5.58. The molecule has 0 radical (unpaired) electrons. The van der Waals surface area contributed by atoms with Crippen molar-refractivity contribution < 1.29 is 9.53 Å². The summed E-state index contributed by atoms with van der Waals surface area (Å²) in [6.45, 7) is 3.28. The molecular weight excluding hydrogens is 302 g/mol. The average Bonchev–Trinajstić information content (AvgIpc) is 3.03. The van der Waals surface area contributed by atoms with E-state index < -0.39 is 0 Å². The van der Waals surface area contributed by atoms with E-state index in [1.165, 1.54) is 0 Å². The predicted molar refractivity (Wildman–Crippen MR) is 94.4 cm³/mol. The van der Waals surface area contributed by atoms with E-state index in [-0.39, 0.29) is 5.91 Å². The predicted octanol–water partition coefficient (Wildman–Crippen LogP) is 3.32. The van der Waals surface area contributed by atoms with E-state index in [4.69, 9.17) is 4.74 Å². The van der Waals surface area contributed by atoms with Gasteiger partial charge in [-0.1, -0.05) is 19.1 Å². The molecular formula is C19H21N3O2. The fraction of sp³-hybridized carbons (Fsp3) is 0.263. The summed E-state index contributed by atoms with van der Waals surface area (Å²) in [5.41, 5.74) is 2.59. The lowest BCUT2D eigenvalue weighted by atomic mass is 10.2. The Morgan fingerprint density at radius 1 is 1.17 bits per heavy atom. The van der Waals surface area contributed by atoms with Crippen LogP contribution in [-0.4, -0.2) is 29.0 Å². The number of H-pyrrole nitrogens is 1. The van der Waals surface area contributed by atoms with Crippen molar-refractivity contribution in [1.29, 1.82) is 0 Å². The van der Waals surface area contributed by atoms with Gasteiger partial charge in [0, 0.05) is 18.5 Å². The lowest BCUT2D eigenvalue weighted by Crippen LogP contribution is -2.25. The van der Waals surface area contributed by atoms with Crippen LogP contribution in [0.1, 0.15) is 29.5 Å². The minimum absolute atomic E-state index is 0.0897. The maximum Gasteiger partial charge on any atom is 0.251 e. The molecule has 0 atom stereocenters. The number of fused-ring (bicyclic) bond motifs is 1. The summed E-state index contributed by atoms with van der Waals surface area (Å²) in [6, 6.07) is 15.1. The van der Waals surface area contributed by atoms with Crippen LogP contribution < -0.4 is 10.1 Å². The topological polar surface area (TPSA) is 67.0 Å². The molecule has 124 valence electrons. The van der Waals surface area contributed by atoms with Gasteiger partial charge in [0.05, 0.1) is 17.6 Å². The molecule has 0 unspecified atom stereocenters. The number of para-hydroxylation sites is 2. The Morgan fingerprint density at radius 2 is 1.96 bits per heavy atom. The molecule has 5 heteroatoms. The van der Waals surface area contributed by atoms with Gasteiger partial charge in [0.2, 0.25) is 0 Å². The number of hydrogen-bond donors (Lipinski definition) is 2. The molecule has 24 heavy (non-hydrogen) atoms. The minimum atomic E-state index is -0.0897. The molecule has 1 aromatic heterocycles. The molecule has 0 spiro atoms. The molecule has 0 saturated carbocycles. The zero-order valence-electron chi connectivity index (χ0n) is 13.7. The molecule has 0 aliphatic heterocycles. The van der Waals surface area contributed by atoms with E-state index in [1.54, 1.807) is 12.1 Å². The number of hydrogen-bond acceptors (Lipinski definition) is 3. The molecule has 1 amide bonds. The third-order valence-electron chi connectivity index (χ3n) is 3.68. The Morgan fingerprint density at radius 3 is 2.71 bits per heavy atom. The number of benzene rings is 2. The van der Waals surface area contributed by atoms with E-state index in [2.05, 4.69) is 22.2 Å². The first-order valence-corrected chi connectivity index (χ1v) is 8.21. The summed E-state index contributed by atoms with van der Waals surface area (Å²) in [4.78, 5) is 19.9. The number of nitrogens with one attached hydrogen (secondary N) is 2. The molecule has 0 saturated heterocycles. The minimum Gasteiger partial charge on any atom is -0.494 e. The van der Waals surface area contributed by atoms with Crippen LogP contribution in [0.15, 0.2) is 48.5 Å². The molecule has 0 bridgehead atoms. The van der Waals surface area contributed by atoms with Crippen molar-refractivity contribution >= 4 is 16.9 Å². The monoisotopic (exact) mass is 323 g/mol. The van der Waals surface area contributed by atoms with Crippen LogP contribution in [0.3, 0.4) is 0 Å². The van der Waals surface area contributed by atoms with E-state index in [9.17, 15) is 4.79 Å². The maximum absolute atomic E-state index is 12.1. The summed E-state index contributed by atoms with van der Waals surface area (Å²) in [5.74, 6) is 1.57. The highest BCUT2D eigenvalue weighted by atomic mass is 16.5. The smallest absolute Gasteiger partial charge is 0.251 e. The fourth-order valence-electron chi connectivity index (χ4n) is 2.44. The van der Waals surface area contributed by atoms with Gasteiger partial charge in [-0.15, -0.1) is 0 Å². The van der Waals surface area contributed by atoms with Gasteiger partial charge in [-0.05, 0) is 42.8 Å². The van der Waals surface area contributed by atoms with Crippen molar-refractivity contribution in [2.45, 2.75) is 19.8 Å². The van der Waals surface area contributed by atoms with Gasteiger partial charge in [0.25, 0.3) is 5.91 Å². The first-order chi connectivity index (χ1) is 11.8. The number of aromatic amines is 1. The highest BCUT2D eigenvalue weighted by molar-refractivity contribution is 5.94. The maximum atomic E-state index is 12.1. The molecule has 0 aliphatic rings. The van der Waals surface area contributed by atoms with Crippen molar-refractivity contribution in [1.82, 2.24) is 15.3 Å².